The molecule has 1 N–H and O–H groups in total. The van der Waals surface area contributed by atoms with Crippen LogP contribution in [0.5, 0.6) is 5.75 Å². The van der Waals surface area contributed by atoms with Gasteiger partial charge >= 0.3 is 5.97 Å². The summed E-state index contributed by atoms with van der Waals surface area (Å²) in [5.41, 5.74) is 4.98. The van der Waals surface area contributed by atoms with E-state index < -0.39 is 17.8 Å². The van der Waals surface area contributed by atoms with Gasteiger partial charge in [0.1, 0.15) is 17.4 Å². The lowest BCUT2D eigenvalue weighted by Crippen LogP contribution is -2.21. The molecule has 1 saturated heterocycles. The van der Waals surface area contributed by atoms with Gasteiger partial charge in [-0.15, -0.1) is 0 Å². The zero-order valence-corrected chi connectivity index (χ0v) is 16.1. The molecule has 1 aliphatic carbocycles. The highest BCUT2D eigenvalue weighted by Gasteiger charge is 2.35. The van der Waals surface area contributed by atoms with Gasteiger partial charge in [-0.1, -0.05) is 30.4 Å². The van der Waals surface area contributed by atoms with Crippen molar-refractivity contribution >= 4 is 17.4 Å². The van der Waals surface area contributed by atoms with Crippen molar-refractivity contribution in [3.63, 3.8) is 0 Å². The lowest BCUT2D eigenvalue weighted by Gasteiger charge is -2.07. The molecular formula is C22H22N2O5. The average Bonchev–Trinajstić information content (AvgIpc) is 3.27. The molecule has 2 aliphatic rings. The van der Waals surface area contributed by atoms with E-state index in [1.807, 2.05) is 43.3 Å². The standard InChI is InChI=1S/C22H22N2O5/c1-14-19(23-21(28-14)16-5-3-2-4-6-16)11-12-27-17-9-7-15(8-10-17)13-18-20(25)24-29-22(18)26/h2-3,5,7-10,18H,4,6,11-13H2,1H3,(H,24,25). The number of ether oxygens (including phenoxy) is 1. The fraction of sp³-hybridized carbons (Fsp3) is 0.318. The summed E-state index contributed by atoms with van der Waals surface area (Å²) in [5, 5.41) is 0. The number of oxazole rings is 1. The molecule has 1 amide bonds. The number of hydrogen-bond donors (Lipinski definition) is 1. The van der Waals surface area contributed by atoms with E-state index in [0.29, 0.717) is 31.1 Å². The molecule has 1 aliphatic heterocycles. The van der Waals surface area contributed by atoms with E-state index in [1.165, 1.54) is 0 Å². The van der Waals surface area contributed by atoms with Crippen LogP contribution in [0.3, 0.4) is 0 Å². The molecule has 0 radical (unpaired) electrons. The van der Waals surface area contributed by atoms with Crippen LogP contribution < -0.4 is 10.2 Å². The van der Waals surface area contributed by atoms with Crippen molar-refractivity contribution < 1.29 is 23.6 Å². The van der Waals surface area contributed by atoms with E-state index in [9.17, 15) is 9.59 Å². The Morgan fingerprint density at radius 2 is 2.07 bits per heavy atom. The number of allylic oxidation sites excluding steroid dienone is 4. The Morgan fingerprint density at radius 1 is 1.24 bits per heavy atom. The van der Waals surface area contributed by atoms with Crippen LogP contribution in [0.25, 0.3) is 5.57 Å². The summed E-state index contributed by atoms with van der Waals surface area (Å²) in [6, 6.07) is 7.34. The van der Waals surface area contributed by atoms with Crippen LogP contribution in [-0.2, 0) is 27.3 Å². The number of hydrogen-bond acceptors (Lipinski definition) is 6. The van der Waals surface area contributed by atoms with Gasteiger partial charge in [0.25, 0.3) is 5.91 Å². The van der Waals surface area contributed by atoms with E-state index in [-0.39, 0.29) is 0 Å². The molecule has 1 aromatic carbocycles. The molecule has 29 heavy (non-hydrogen) atoms. The quantitative estimate of drug-likeness (QED) is 0.726. The molecule has 1 fully saturated rings. The van der Waals surface area contributed by atoms with Gasteiger partial charge in [0.2, 0.25) is 5.89 Å². The van der Waals surface area contributed by atoms with Crippen molar-refractivity contribution in [2.45, 2.75) is 32.6 Å². The largest absolute Gasteiger partial charge is 0.493 e. The average molecular weight is 394 g/mol. The smallest absolute Gasteiger partial charge is 0.345 e. The van der Waals surface area contributed by atoms with Crippen molar-refractivity contribution in [2.24, 2.45) is 5.92 Å². The minimum atomic E-state index is -0.791. The molecule has 0 spiro atoms. The highest BCUT2D eigenvalue weighted by atomic mass is 16.7. The Hall–Kier alpha value is -3.35. The summed E-state index contributed by atoms with van der Waals surface area (Å²) in [6.45, 7) is 2.40. The number of nitrogens with one attached hydrogen (secondary N) is 1. The Morgan fingerprint density at radius 3 is 2.76 bits per heavy atom. The van der Waals surface area contributed by atoms with E-state index in [4.69, 9.17) is 9.15 Å². The number of amides is 1. The number of benzene rings is 1. The maximum absolute atomic E-state index is 11.6. The fourth-order valence-corrected chi connectivity index (χ4v) is 3.33. The second-order valence-corrected chi connectivity index (χ2v) is 7.07. The Kier molecular flexibility index (Phi) is 5.46. The number of aromatic nitrogens is 1. The SMILES string of the molecule is Cc1oc(C2=CC=CCC2)nc1CCOc1ccc(CC2C(=O)NOC2=O)cc1. The molecule has 7 nitrogen and oxygen atoms in total. The van der Waals surface area contributed by atoms with Gasteiger partial charge in [0.15, 0.2) is 0 Å². The number of carbonyl (C=O) groups excluding carboxylic acids is 2. The molecule has 1 atom stereocenters. The first kappa shape index (κ1) is 19.0. The maximum atomic E-state index is 11.6. The second kappa shape index (κ2) is 8.34. The zero-order chi connectivity index (χ0) is 20.2. The number of rotatable bonds is 7. The monoisotopic (exact) mass is 394 g/mol. The zero-order valence-electron chi connectivity index (χ0n) is 16.1. The van der Waals surface area contributed by atoms with Gasteiger partial charge < -0.3 is 14.0 Å². The lowest BCUT2D eigenvalue weighted by molar-refractivity contribution is -0.146. The second-order valence-electron chi connectivity index (χ2n) is 7.07. The van der Waals surface area contributed by atoms with E-state index in [1.54, 1.807) is 0 Å². The summed E-state index contributed by atoms with van der Waals surface area (Å²) in [4.78, 5) is 32.2. The minimum absolute atomic E-state index is 0.302. The Balaban J connectivity index is 1.30. The van der Waals surface area contributed by atoms with Crippen LogP contribution >= 0.6 is 0 Å². The highest BCUT2D eigenvalue weighted by Crippen LogP contribution is 2.25. The summed E-state index contributed by atoms with van der Waals surface area (Å²) in [6.07, 6.45) is 9.12. The van der Waals surface area contributed by atoms with Crippen LogP contribution in [0, 0.1) is 12.8 Å². The summed E-state index contributed by atoms with van der Waals surface area (Å²) in [5.74, 6) is 0.488. The predicted octanol–water partition coefficient (Wildman–Crippen LogP) is 3.08. The summed E-state index contributed by atoms with van der Waals surface area (Å²) >= 11 is 0. The van der Waals surface area contributed by atoms with Gasteiger partial charge in [-0.05, 0) is 43.9 Å². The van der Waals surface area contributed by atoms with Crippen molar-refractivity contribution in [3.05, 3.63) is 65.4 Å². The summed E-state index contributed by atoms with van der Waals surface area (Å²) in [7, 11) is 0. The first-order valence-electron chi connectivity index (χ1n) is 9.65. The van der Waals surface area contributed by atoms with Crippen molar-refractivity contribution in [2.75, 3.05) is 6.61 Å². The van der Waals surface area contributed by atoms with Crippen molar-refractivity contribution in [1.29, 1.82) is 0 Å². The Bertz CT molecular complexity index is 956. The Labute approximate surface area is 168 Å². The van der Waals surface area contributed by atoms with Gasteiger partial charge in [-0.3, -0.25) is 4.79 Å². The van der Waals surface area contributed by atoms with E-state index in [0.717, 1.165) is 35.4 Å². The minimum Gasteiger partial charge on any atom is -0.493 e. The van der Waals surface area contributed by atoms with Gasteiger partial charge in [-0.25, -0.2) is 9.78 Å². The van der Waals surface area contributed by atoms with E-state index >= 15 is 0 Å². The molecule has 0 saturated carbocycles. The fourth-order valence-electron chi connectivity index (χ4n) is 3.33. The molecule has 150 valence electrons. The molecular weight excluding hydrogens is 372 g/mol. The van der Waals surface area contributed by atoms with Crippen LogP contribution in [0.1, 0.15) is 35.7 Å². The third-order valence-electron chi connectivity index (χ3n) is 5.01. The highest BCUT2D eigenvalue weighted by molar-refractivity contribution is 6.01. The first-order valence-corrected chi connectivity index (χ1v) is 9.65. The lowest BCUT2D eigenvalue weighted by atomic mass is 9.99. The van der Waals surface area contributed by atoms with Crippen molar-refractivity contribution in [3.8, 4) is 5.75 Å². The van der Waals surface area contributed by atoms with E-state index in [2.05, 4.69) is 21.4 Å². The molecule has 1 aromatic heterocycles. The number of nitrogens with zero attached hydrogens (tertiary/aromatic N) is 1. The topological polar surface area (TPSA) is 90.7 Å². The van der Waals surface area contributed by atoms with Gasteiger partial charge in [-0.2, -0.15) is 5.48 Å². The predicted molar refractivity (Wildman–Crippen MR) is 105 cm³/mol. The van der Waals surface area contributed by atoms with Gasteiger partial charge in [0, 0.05) is 12.0 Å². The van der Waals surface area contributed by atoms with Crippen LogP contribution in [0.2, 0.25) is 0 Å². The third kappa shape index (κ3) is 4.39. The van der Waals surface area contributed by atoms with Crippen LogP contribution in [0.15, 0.2) is 46.9 Å². The van der Waals surface area contributed by atoms with Gasteiger partial charge in [0.05, 0.1) is 12.3 Å². The number of carbonyl (C=O) groups is 2. The normalized spacial score (nSPS) is 18.4. The molecule has 1 unspecified atom stereocenters. The summed E-state index contributed by atoms with van der Waals surface area (Å²) < 4.78 is 11.6. The molecule has 7 heteroatoms. The first-order chi connectivity index (χ1) is 14.1. The number of aryl methyl sites for hydroxylation is 1. The molecule has 2 heterocycles. The number of hydroxylamine groups is 1. The molecule has 0 bridgehead atoms. The van der Waals surface area contributed by atoms with Crippen LogP contribution in [0.4, 0.5) is 0 Å². The molecule has 4 rings (SSSR count). The maximum Gasteiger partial charge on any atom is 0.345 e. The van der Waals surface area contributed by atoms with Crippen molar-refractivity contribution in [1.82, 2.24) is 10.5 Å². The third-order valence-corrected chi connectivity index (χ3v) is 5.01. The van der Waals surface area contributed by atoms with Crippen LogP contribution in [-0.4, -0.2) is 23.5 Å². The molecule has 2 aromatic rings.